The average molecular weight is 118 g/mol. The van der Waals surface area contributed by atoms with Gasteiger partial charge < -0.3 is 10.8 Å². The molecule has 8 heavy (non-hydrogen) atoms. The summed E-state index contributed by atoms with van der Waals surface area (Å²) in [5.41, 5.74) is 1.95. The molecular weight excluding hydrogens is 106 g/mol. The largest absolute Gasteiger partial charge is 0.480 e. The third-order valence-electron chi connectivity index (χ3n) is 0.875. The Morgan fingerprint density at radius 1 is 2.12 bits per heavy atom. The third-order valence-corrected chi connectivity index (χ3v) is 0.875. The van der Waals surface area contributed by atoms with Crippen LogP contribution >= 0.6 is 0 Å². The van der Waals surface area contributed by atoms with Gasteiger partial charge in [0.15, 0.2) is 0 Å². The maximum atomic E-state index is 10.1. The van der Waals surface area contributed by atoms with Crippen molar-refractivity contribution in [3.8, 4) is 0 Å². The molecule has 0 spiro atoms. The van der Waals surface area contributed by atoms with E-state index < -0.39 is 12.0 Å². The zero-order valence-electron chi connectivity index (χ0n) is 5.85. The number of aliphatic carboxylic acids is 1. The second-order valence-electron chi connectivity index (χ2n) is 1.68. The van der Waals surface area contributed by atoms with Gasteiger partial charge in [-0.05, 0) is 6.42 Å². The van der Waals surface area contributed by atoms with Gasteiger partial charge in [0, 0.05) is 0 Å². The number of carboxylic acids is 1. The monoisotopic (exact) mass is 118 g/mol. The molecular formula is C5H11NO2. The van der Waals surface area contributed by atoms with Crippen LogP contribution in [0.15, 0.2) is 0 Å². The molecule has 3 heteroatoms. The Morgan fingerprint density at radius 2 is 2.75 bits per heavy atom. The summed E-state index contributed by atoms with van der Waals surface area (Å²) in [6.45, 7) is 1.88. The maximum Gasteiger partial charge on any atom is 0.320 e. The summed E-state index contributed by atoms with van der Waals surface area (Å²) < 4.78 is 6.56. The maximum absolute atomic E-state index is 10.1. The molecule has 0 saturated heterocycles. The van der Waals surface area contributed by atoms with Crippen LogP contribution < -0.4 is 5.73 Å². The number of nitrogens with two attached hydrogens (primary N) is 1. The molecule has 0 aliphatic heterocycles. The fourth-order valence-corrected chi connectivity index (χ4v) is 0.412. The van der Waals surface area contributed by atoms with E-state index in [2.05, 4.69) is 0 Å². The second kappa shape index (κ2) is 3.43. The van der Waals surface area contributed by atoms with Crippen LogP contribution in [0, 0.1) is 0 Å². The molecule has 0 aliphatic rings. The highest BCUT2D eigenvalue weighted by Gasteiger charge is 2.07. The van der Waals surface area contributed by atoms with E-state index in [0.29, 0.717) is 6.42 Å². The predicted molar refractivity (Wildman–Crippen MR) is 30.5 cm³/mol. The van der Waals surface area contributed by atoms with E-state index in [4.69, 9.17) is 6.52 Å². The molecule has 0 bridgehead atoms. The van der Waals surface area contributed by atoms with Crippen molar-refractivity contribution in [2.75, 3.05) is 0 Å². The minimum atomic E-state index is -0.952. The van der Waals surface area contributed by atoms with Gasteiger partial charge in [-0.2, -0.15) is 0 Å². The SMILES string of the molecule is [2H]NC(CCC)C(=O)O. The van der Waals surface area contributed by atoms with Gasteiger partial charge in [0.05, 0.1) is 0 Å². The zero-order valence-corrected chi connectivity index (χ0v) is 4.85. The summed E-state index contributed by atoms with van der Waals surface area (Å²) in [7, 11) is 0. The van der Waals surface area contributed by atoms with Gasteiger partial charge in [-0.3, -0.25) is 4.79 Å². The normalized spacial score (nSPS) is 14.9. The lowest BCUT2D eigenvalue weighted by Gasteiger charge is -2.00. The molecule has 0 rings (SSSR count). The van der Waals surface area contributed by atoms with Crippen molar-refractivity contribution in [2.45, 2.75) is 25.8 Å². The molecule has 1 unspecified atom stereocenters. The Morgan fingerprint density at radius 3 is 2.88 bits per heavy atom. The standard InChI is InChI=1S/C5H11NO2/c1-2-3-4(6)5(7)8/h4H,2-3,6H2,1H3,(H,7,8)/i/hD. The molecule has 0 aliphatic carbocycles. The van der Waals surface area contributed by atoms with Gasteiger partial charge in [0.25, 0.3) is 0 Å². The molecule has 1 atom stereocenters. The average Bonchev–Trinajstić information content (AvgIpc) is 1.82. The molecule has 3 N–H and O–H groups in total. The van der Waals surface area contributed by atoms with Crippen LogP contribution in [-0.4, -0.2) is 17.1 Å². The summed E-state index contributed by atoms with van der Waals surface area (Å²) in [5, 5.41) is 8.32. The second-order valence-corrected chi connectivity index (χ2v) is 1.68. The summed E-state index contributed by atoms with van der Waals surface area (Å²) in [6.07, 6.45) is 1.29. The van der Waals surface area contributed by atoms with Gasteiger partial charge in [0.1, 0.15) is 7.45 Å². The van der Waals surface area contributed by atoms with Crippen molar-refractivity contribution in [1.82, 2.24) is 0 Å². The molecule has 0 aromatic rings. The van der Waals surface area contributed by atoms with Crippen LogP contribution in [0.1, 0.15) is 19.8 Å². The zero-order chi connectivity index (χ0) is 7.28. The third kappa shape index (κ3) is 2.58. The molecule has 0 aromatic heterocycles. The molecule has 0 heterocycles. The van der Waals surface area contributed by atoms with Gasteiger partial charge in [-0.1, -0.05) is 13.3 Å². The highest BCUT2D eigenvalue weighted by atomic mass is 16.4. The minimum absolute atomic E-state index is 0.513. The summed E-state index contributed by atoms with van der Waals surface area (Å²) in [6, 6.07) is -0.699. The number of rotatable bonds is 4. The van der Waals surface area contributed by atoms with Crippen molar-refractivity contribution in [3.05, 3.63) is 0 Å². The van der Waals surface area contributed by atoms with Crippen LogP contribution in [0.4, 0.5) is 0 Å². The number of carboxylic acid groups (broad SMARTS) is 1. The molecule has 0 amide bonds. The Bertz CT molecular complexity index is 97.0. The highest BCUT2D eigenvalue weighted by molar-refractivity contribution is 5.72. The smallest absolute Gasteiger partial charge is 0.320 e. The van der Waals surface area contributed by atoms with E-state index in [1.807, 2.05) is 12.7 Å². The summed E-state index contributed by atoms with van der Waals surface area (Å²) in [5.74, 6) is -0.952. The van der Waals surface area contributed by atoms with E-state index in [1.54, 1.807) is 0 Å². The lowest BCUT2D eigenvalue weighted by molar-refractivity contribution is -0.138. The van der Waals surface area contributed by atoms with Gasteiger partial charge in [-0.15, -0.1) is 0 Å². The van der Waals surface area contributed by atoms with Gasteiger partial charge >= 0.3 is 5.97 Å². The summed E-state index contributed by atoms with van der Waals surface area (Å²) in [4.78, 5) is 10.1. The molecule has 48 valence electrons. The van der Waals surface area contributed by atoms with Crippen molar-refractivity contribution in [3.63, 3.8) is 0 Å². The van der Waals surface area contributed by atoms with Crippen LogP contribution in [0.2, 0.25) is 1.41 Å². The lowest BCUT2D eigenvalue weighted by Crippen LogP contribution is -2.29. The Hall–Kier alpha value is -0.570. The lowest BCUT2D eigenvalue weighted by atomic mass is 10.2. The van der Waals surface area contributed by atoms with Gasteiger partial charge in [0.2, 0.25) is 0 Å². The molecule has 0 aromatic carbocycles. The van der Waals surface area contributed by atoms with E-state index >= 15 is 0 Å². The van der Waals surface area contributed by atoms with Crippen molar-refractivity contribution in [1.29, 1.82) is 0 Å². The highest BCUT2D eigenvalue weighted by Crippen LogP contribution is 1.91. The van der Waals surface area contributed by atoms with Crippen molar-refractivity contribution >= 4 is 5.97 Å². The fraction of sp³-hybridized carbons (Fsp3) is 0.800. The molecule has 0 fully saturated rings. The van der Waals surface area contributed by atoms with Gasteiger partial charge in [-0.25, -0.2) is 0 Å². The van der Waals surface area contributed by atoms with E-state index in [1.165, 1.54) is 0 Å². The van der Waals surface area contributed by atoms with Crippen LogP contribution in [-0.2, 0) is 4.79 Å². The fourth-order valence-electron chi connectivity index (χ4n) is 0.412. The molecule has 3 nitrogen and oxygen atoms in total. The van der Waals surface area contributed by atoms with Crippen LogP contribution in [0.25, 0.3) is 0 Å². The number of carbonyl (C=O) groups is 1. The first kappa shape index (κ1) is 5.56. The Balaban J connectivity index is 3.54. The first-order chi connectivity index (χ1) is 4.22. The number of hydrogen-bond acceptors (Lipinski definition) is 2. The Labute approximate surface area is 50.0 Å². The van der Waals surface area contributed by atoms with Crippen molar-refractivity contribution < 1.29 is 11.3 Å². The number of hydrogen-bond donors (Lipinski definition) is 2. The van der Waals surface area contributed by atoms with Crippen molar-refractivity contribution in [2.24, 2.45) is 5.73 Å². The minimum Gasteiger partial charge on any atom is -0.480 e. The molecule has 0 radical (unpaired) electrons. The van der Waals surface area contributed by atoms with E-state index in [9.17, 15) is 4.79 Å². The molecule has 0 saturated carbocycles. The quantitative estimate of drug-likeness (QED) is 0.554. The first-order valence-corrected chi connectivity index (χ1v) is 2.62. The van der Waals surface area contributed by atoms with E-state index in [-0.39, 0.29) is 0 Å². The summed E-state index contributed by atoms with van der Waals surface area (Å²) >= 11 is 0. The Kier molecular flexibility index (Phi) is 2.39. The predicted octanol–water partition coefficient (Wildman–Crippen LogP) is 0.198. The first-order valence-electron chi connectivity index (χ1n) is 3.12. The van der Waals surface area contributed by atoms with Crippen LogP contribution in [0.3, 0.4) is 0 Å². The van der Waals surface area contributed by atoms with Crippen LogP contribution in [0.5, 0.6) is 0 Å². The van der Waals surface area contributed by atoms with E-state index in [0.717, 1.165) is 6.42 Å². The topological polar surface area (TPSA) is 63.3 Å².